The van der Waals surface area contributed by atoms with E-state index in [1.54, 1.807) is 31.2 Å². The zero-order valence-electron chi connectivity index (χ0n) is 14.9. The van der Waals surface area contributed by atoms with E-state index in [1.165, 1.54) is 0 Å². The molecule has 5 heteroatoms. The average Bonchev–Trinajstić information content (AvgIpc) is 3.12. The normalized spacial score (nSPS) is 19.5. The van der Waals surface area contributed by atoms with Crippen molar-refractivity contribution in [1.82, 2.24) is 9.88 Å². The van der Waals surface area contributed by atoms with Crippen LogP contribution in [0.1, 0.15) is 41.4 Å². The molecule has 2 atom stereocenters. The second-order valence-corrected chi connectivity index (χ2v) is 6.72. The molecule has 0 radical (unpaired) electrons. The number of carbonyl (C=O) groups is 1. The van der Waals surface area contributed by atoms with Crippen LogP contribution in [0.15, 0.2) is 42.6 Å². The first-order valence-corrected chi connectivity index (χ1v) is 8.54. The number of likely N-dealkylation sites (tertiary alicyclic amines) is 1. The molecular weight excluding hydrogens is 316 g/mol. The molecule has 1 amide bonds. The van der Waals surface area contributed by atoms with Gasteiger partial charge in [0.25, 0.3) is 5.91 Å². The van der Waals surface area contributed by atoms with Crippen molar-refractivity contribution in [3.63, 3.8) is 0 Å². The number of nitrogens with zero attached hydrogens (tertiary/aromatic N) is 2. The number of amides is 1. The van der Waals surface area contributed by atoms with Gasteiger partial charge < -0.3 is 14.7 Å². The van der Waals surface area contributed by atoms with Crippen molar-refractivity contribution in [2.24, 2.45) is 0 Å². The van der Waals surface area contributed by atoms with E-state index in [4.69, 9.17) is 4.74 Å². The summed E-state index contributed by atoms with van der Waals surface area (Å²) in [6, 6.07) is 10.7. The zero-order valence-corrected chi connectivity index (χ0v) is 14.9. The summed E-state index contributed by atoms with van der Waals surface area (Å²) in [6.07, 6.45) is 3.25. The number of rotatable bonds is 4. The largest absolute Gasteiger partial charge is 0.497 e. The van der Waals surface area contributed by atoms with E-state index in [-0.39, 0.29) is 11.9 Å². The fourth-order valence-electron chi connectivity index (χ4n) is 3.48. The number of methoxy groups -OCH3 is 1. The van der Waals surface area contributed by atoms with Gasteiger partial charge in [-0.25, -0.2) is 0 Å². The standard InChI is InChI=1S/C20H24N2O3/c1-14-6-7-15(13-21-14)19(23)22-12-4-5-18(22)20(2,24)16-8-10-17(25-3)11-9-16/h6-11,13,18,24H,4-5,12H2,1-3H3/t18-,20-/m0/s1. The van der Waals surface area contributed by atoms with Crippen LogP contribution < -0.4 is 4.74 Å². The maximum Gasteiger partial charge on any atom is 0.255 e. The molecule has 1 fully saturated rings. The van der Waals surface area contributed by atoms with Crippen LogP contribution in [-0.4, -0.2) is 40.6 Å². The summed E-state index contributed by atoms with van der Waals surface area (Å²) in [6.45, 7) is 4.31. The second-order valence-electron chi connectivity index (χ2n) is 6.72. The van der Waals surface area contributed by atoms with Gasteiger partial charge in [0, 0.05) is 18.4 Å². The Hall–Kier alpha value is -2.40. The van der Waals surface area contributed by atoms with Gasteiger partial charge in [0.1, 0.15) is 11.4 Å². The molecule has 1 aromatic heterocycles. The molecule has 1 aliphatic rings. The SMILES string of the molecule is COc1ccc([C@](C)(O)[C@@H]2CCCN2C(=O)c2ccc(C)nc2)cc1. The number of aliphatic hydroxyl groups is 1. The molecule has 5 nitrogen and oxygen atoms in total. The molecule has 0 bridgehead atoms. The van der Waals surface area contributed by atoms with Crippen LogP contribution in [0.5, 0.6) is 5.75 Å². The van der Waals surface area contributed by atoms with Gasteiger partial charge in [-0.3, -0.25) is 9.78 Å². The van der Waals surface area contributed by atoms with E-state index in [2.05, 4.69) is 4.98 Å². The lowest BCUT2D eigenvalue weighted by Crippen LogP contribution is -2.48. The summed E-state index contributed by atoms with van der Waals surface area (Å²) in [7, 11) is 1.61. The van der Waals surface area contributed by atoms with Crippen molar-refractivity contribution in [3.05, 3.63) is 59.4 Å². The first-order valence-electron chi connectivity index (χ1n) is 8.54. The van der Waals surface area contributed by atoms with E-state index in [0.29, 0.717) is 12.1 Å². The molecule has 1 aromatic carbocycles. The van der Waals surface area contributed by atoms with Crippen molar-refractivity contribution in [1.29, 1.82) is 0 Å². The third-order valence-corrected chi connectivity index (χ3v) is 5.00. The summed E-state index contributed by atoms with van der Waals surface area (Å²) < 4.78 is 5.18. The monoisotopic (exact) mass is 340 g/mol. The van der Waals surface area contributed by atoms with Gasteiger partial charge in [0.05, 0.1) is 18.7 Å². The lowest BCUT2D eigenvalue weighted by Gasteiger charge is -2.37. The molecule has 132 valence electrons. The molecule has 1 aliphatic heterocycles. The molecule has 0 aliphatic carbocycles. The van der Waals surface area contributed by atoms with Gasteiger partial charge in [-0.15, -0.1) is 0 Å². The Morgan fingerprint density at radius 2 is 2.00 bits per heavy atom. The predicted molar refractivity (Wildman–Crippen MR) is 95.6 cm³/mol. The Kier molecular flexibility index (Phi) is 4.77. The topological polar surface area (TPSA) is 62.7 Å². The molecule has 2 heterocycles. The molecule has 2 aromatic rings. The van der Waals surface area contributed by atoms with Crippen molar-refractivity contribution in [2.45, 2.75) is 38.3 Å². The number of ether oxygens (including phenoxy) is 1. The molecule has 1 saturated heterocycles. The number of carbonyl (C=O) groups excluding carboxylic acids is 1. The van der Waals surface area contributed by atoms with Crippen LogP contribution in [-0.2, 0) is 5.60 Å². The minimum Gasteiger partial charge on any atom is -0.497 e. The lowest BCUT2D eigenvalue weighted by atomic mass is 9.86. The highest BCUT2D eigenvalue weighted by atomic mass is 16.5. The van der Waals surface area contributed by atoms with E-state index in [9.17, 15) is 9.90 Å². The average molecular weight is 340 g/mol. The van der Waals surface area contributed by atoms with Crippen LogP contribution in [0.3, 0.4) is 0 Å². The van der Waals surface area contributed by atoms with E-state index in [0.717, 1.165) is 29.8 Å². The maximum atomic E-state index is 12.9. The smallest absolute Gasteiger partial charge is 0.255 e. The summed E-state index contributed by atoms with van der Waals surface area (Å²) >= 11 is 0. The van der Waals surface area contributed by atoms with E-state index in [1.807, 2.05) is 37.3 Å². The highest BCUT2D eigenvalue weighted by Gasteiger charge is 2.42. The highest BCUT2D eigenvalue weighted by molar-refractivity contribution is 5.94. The van der Waals surface area contributed by atoms with Crippen LogP contribution in [0, 0.1) is 6.92 Å². The summed E-state index contributed by atoms with van der Waals surface area (Å²) in [5.74, 6) is 0.661. The quantitative estimate of drug-likeness (QED) is 0.929. The number of aryl methyl sites for hydroxylation is 1. The van der Waals surface area contributed by atoms with Crippen molar-refractivity contribution in [2.75, 3.05) is 13.7 Å². The Bertz CT molecular complexity index is 739. The molecule has 0 saturated carbocycles. The Morgan fingerprint density at radius 3 is 2.60 bits per heavy atom. The van der Waals surface area contributed by atoms with E-state index >= 15 is 0 Å². The third-order valence-electron chi connectivity index (χ3n) is 5.00. The Labute approximate surface area is 148 Å². The summed E-state index contributed by atoms with van der Waals surface area (Å²) in [5, 5.41) is 11.2. The van der Waals surface area contributed by atoms with E-state index < -0.39 is 5.60 Å². The third kappa shape index (κ3) is 3.37. The maximum absolute atomic E-state index is 12.9. The Balaban J connectivity index is 1.86. The number of aromatic nitrogens is 1. The van der Waals surface area contributed by atoms with Crippen LogP contribution in [0.2, 0.25) is 0 Å². The van der Waals surface area contributed by atoms with Crippen molar-refractivity contribution < 1.29 is 14.6 Å². The number of pyridine rings is 1. The highest BCUT2D eigenvalue weighted by Crippen LogP contribution is 2.36. The number of hydrogen-bond acceptors (Lipinski definition) is 4. The van der Waals surface area contributed by atoms with Gasteiger partial charge in [-0.05, 0) is 56.5 Å². The fraction of sp³-hybridized carbons (Fsp3) is 0.400. The molecular formula is C20H24N2O3. The minimum absolute atomic E-state index is 0.0798. The molecule has 0 spiro atoms. The minimum atomic E-state index is -1.13. The van der Waals surface area contributed by atoms with Crippen LogP contribution in [0.25, 0.3) is 0 Å². The molecule has 3 rings (SSSR count). The summed E-state index contributed by atoms with van der Waals surface area (Å²) in [5.41, 5.74) is 1.08. The lowest BCUT2D eigenvalue weighted by molar-refractivity contribution is -0.0177. The zero-order chi connectivity index (χ0) is 18.0. The predicted octanol–water partition coefficient (Wildman–Crippen LogP) is 2.91. The van der Waals surface area contributed by atoms with Crippen LogP contribution in [0.4, 0.5) is 0 Å². The van der Waals surface area contributed by atoms with Gasteiger partial charge in [0.15, 0.2) is 0 Å². The van der Waals surface area contributed by atoms with Gasteiger partial charge in [0.2, 0.25) is 0 Å². The summed E-state index contributed by atoms with van der Waals surface area (Å²) in [4.78, 5) is 18.9. The van der Waals surface area contributed by atoms with Crippen LogP contribution >= 0.6 is 0 Å². The number of hydrogen-bond donors (Lipinski definition) is 1. The molecule has 25 heavy (non-hydrogen) atoms. The fourth-order valence-corrected chi connectivity index (χ4v) is 3.48. The molecule has 1 N–H and O–H groups in total. The molecule has 0 unspecified atom stereocenters. The van der Waals surface area contributed by atoms with Gasteiger partial charge in [-0.1, -0.05) is 12.1 Å². The first kappa shape index (κ1) is 17.4. The number of benzene rings is 1. The first-order chi connectivity index (χ1) is 11.9. The van der Waals surface area contributed by atoms with Crippen molar-refractivity contribution >= 4 is 5.91 Å². The van der Waals surface area contributed by atoms with Gasteiger partial charge >= 0.3 is 0 Å². The van der Waals surface area contributed by atoms with Crippen molar-refractivity contribution in [3.8, 4) is 5.75 Å². The second kappa shape index (κ2) is 6.84. The van der Waals surface area contributed by atoms with Gasteiger partial charge in [-0.2, -0.15) is 0 Å². The Morgan fingerprint density at radius 1 is 1.28 bits per heavy atom.